The summed E-state index contributed by atoms with van der Waals surface area (Å²) in [6, 6.07) is 1.10. The molecule has 0 radical (unpaired) electrons. The third-order valence-electron chi connectivity index (χ3n) is 4.64. The second-order valence-corrected chi connectivity index (χ2v) is 6.58. The second-order valence-electron chi connectivity index (χ2n) is 6.58. The van der Waals surface area contributed by atoms with E-state index in [1.165, 1.54) is 5.56 Å². The molecule has 0 amide bonds. The Balaban J connectivity index is 2.16. The van der Waals surface area contributed by atoms with E-state index in [9.17, 15) is 0 Å². The number of hydrogen-bond donors (Lipinski definition) is 1. The van der Waals surface area contributed by atoms with E-state index >= 15 is 0 Å². The van der Waals surface area contributed by atoms with Crippen molar-refractivity contribution >= 4 is 0 Å². The molecular weight excluding hydrogens is 262 g/mol. The number of rotatable bonds is 4. The lowest BCUT2D eigenvalue weighted by Crippen LogP contribution is -2.56. The maximum Gasteiger partial charge on any atom is 0.128 e. The van der Waals surface area contributed by atoms with Crippen molar-refractivity contribution < 1.29 is 4.74 Å². The monoisotopic (exact) mass is 291 g/mol. The molecule has 118 valence electrons. The standard InChI is InChI=1S/C17H29N3O/c1-11(2)15-9-20(13(4)8-19-15)10-16-14(5)17(21-6)12(3)7-18-16/h7,11,13,15,19H,8-10H2,1-6H3. The van der Waals surface area contributed by atoms with Gasteiger partial charge in [0.2, 0.25) is 0 Å². The molecule has 1 saturated heterocycles. The van der Waals surface area contributed by atoms with Crippen LogP contribution in [0.25, 0.3) is 0 Å². The number of pyridine rings is 1. The van der Waals surface area contributed by atoms with Gasteiger partial charge in [-0.15, -0.1) is 0 Å². The lowest BCUT2D eigenvalue weighted by atomic mass is 9.99. The molecule has 4 heteroatoms. The van der Waals surface area contributed by atoms with E-state index in [0.717, 1.165) is 36.6 Å². The minimum atomic E-state index is 0.536. The Kier molecular flexibility index (Phi) is 5.22. The molecule has 4 nitrogen and oxygen atoms in total. The SMILES string of the molecule is COc1c(C)cnc(CN2CC(C(C)C)NCC2C)c1C. The molecule has 2 atom stereocenters. The molecule has 2 heterocycles. The highest BCUT2D eigenvalue weighted by Crippen LogP contribution is 2.25. The van der Waals surface area contributed by atoms with Crippen LogP contribution in [0.2, 0.25) is 0 Å². The summed E-state index contributed by atoms with van der Waals surface area (Å²) in [5.41, 5.74) is 3.41. The molecule has 1 aromatic rings. The lowest BCUT2D eigenvalue weighted by Gasteiger charge is -2.40. The molecule has 2 rings (SSSR count). The largest absolute Gasteiger partial charge is 0.496 e. The maximum atomic E-state index is 5.52. The predicted molar refractivity (Wildman–Crippen MR) is 86.8 cm³/mol. The first-order valence-electron chi connectivity index (χ1n) is 7.90. The van der Waals surface area contributed by atoms with Crippen molar-refractivity contribution in [2.45, 2.75) is 53.2 Å². The van der Waals surface area contributed by atoms with E-state index in [1.807, 2.05) is 13.1 Å². The molecule has 0 spiro atoms. The van der Waals surface area contributed by atoms with Crippen molar-refractivity contribution in [2.24, 2.45) is 5.92 Å². The third kappa shape index (κ3) is 3.55. The zero-order chi connectivity index (χ0) is 15.6. The summed E-state index contributed by atoms with van der Waals surface area (Å²) >= 11 is 0. The lowest BCUT2D eigenvalue weighted by molar-refractivity contribution is 0.114. The highest BCUT2D eigenvalue weighted by Gasteiger charge is 2.27. The van der Waals surface area contributed by atoms with Gasteiger partial charge in [-0.25, -0.2) is 0 Å². The van der Waals surface area contributed by atoms with Gasteiger partial charge in [-0.2, -0.15) is 0 Å². The van der Waals surface area contributed by atoms with E-state index in [-0.39, 0.29) is 0 Å². The number of aromatic nitrogens is 1. The minimum Gasteiger partial charge on any atom is -0.496 e. The zero-order valence-electron chi connectivity index (χ0n) is 14.2. The average molecular weight is 291 g/mol. The molecule has 1 aromatic heterocycles. The van der Waals surface area contributed by atoms with Gasteiger partial charge in [0, 0.05) is 49.0 Å². The molecule has 0 saturated carbocycles. The molecule has 1 aliphatic heterocycles. The fraction of sp³-hybridized carbons (Fsp3) is 0.706. The Morgan fingerprint density at radius 2 is 2.14 bits per heavy atom. The van der Waals surface area contributed by atoms with Crippen LogP contribution in [0.4, 0.5) is 0 Å². The number of nitrogens with zero attached hydrogens (tertiary/aromatic N) is 2. The first-order valence-corrected chi connectivity index (χ1v) is 7.90. The van der Waals surface area contributed by atoms with Gasteiger partial charge in [-0.05, 0) is 26.7 Å². The van der Waals surface area contributed by atoms with Gasteiger partial charge in [0.05, 0.1) is 12.8 Å². The Bertz CT molecular complexity index is 487. The van der Waals surface area contributed by atoms with E-state index in [4.69, 9.17) is 4.74 Å². The van der Waals surface area contributed by atoms with Crippen LogP contribution in [0, 0.1) is 19.8 Å². The molecular formula is C17H29N3O. The molecule has 0 aromatic carbocycles. The Morgan fingerprint density at radius 3 is 2.76 bits per heavy atom. The molecule has 1 aliphatic rings. The van der Waals surface area contributed by atoms with E-state index < -0.39 is 0 Å². The van der Waals surface area contributed by atoms with E-state index in [0.29, 0.717) is 18.0 Å². The van der Waals surface area contributed by atoms with Crippen LogP contribution < -0.4 is 10.1 Å². The number of hydrogen-bond acceptors (Lipinski definition) is 4. The fourth-order valence-corrected chi connectivity index (χ4v) is 3.04. The van der Waals surface area contributed by atoms with Gasteiger partial charge in [0.1, 0.15) is 5.75 Å². The van der Waals surface area contributed by atoms with Gasteiger partial charge in [-0.1, -0.05) is 13.8 Å². The van der Waals surface area contributed by atoms with Gasteiger partial charge in [0.15, 0.2) is 0 Å². The van der Waals surface area contributed by atoms with Crippen LogP contribution in [0.15, 0.2) is 6.20 Å². The summed E-state index contributed by atoms with van der Waals surface area (Å²) in [6.45, 7) is 14.0. The Morgan fingerprint density at radius 1 is 1.43 bits per heavy atom. The fourth-order valence-electron chi connectivity index (χ4n) is 3.04. The summed E-state index contributed by atoms with van der Waals surface area (Å²) in [7, 11) is 1.74. The summed E-state index contributed by atoms with van der Waals surface area (Å²) in [4.78, 5) is 7.18. The Hall–Kier alpha value is -1.13. The van der Waals surface area contributed by atoms with Crippen molar-refractivity contribution in [1.82, 2.24) is 15.2 Å². The van der Waals surface area contributed by atoms with Crippen LogP contribution in [-0.4, -0.2) is 42.2 Å². The highest BCUT2D eigenvalue weighted by atomic mass is 16.5. The van der Waals surface area contributed by atoms with E-state index in [2.05, 4.69) is 42.9 Å². The minimum absolute atomic E-state index is 0.536. The second kappa shape index (κ2) is 6.75. The van der Waals surface area contributed by atoms with Crippen molar-refractivity contribution in [1.29, 1.82) is 0 Å². The predicted octanol–water partition coefficient (Wildman–Crippen LogP) is 2.53. The molecule has 0 bridgehead atoms. The first-order chi connectivity index (χ1) is 9.93. The Labute approximate surface area is 128 Å². The number of piperazine rings is 1. The molecule has 0 aliphatic carbocycles. The van der Waals surface area contributed by atoms with Gasteiger partial charge >= 0.3 is 0 Å². The summed E-state index contributed by atoms with van der Waals surface area (Å²) < 4.78 is 5.52. The summed E-state index contributed by atoms with van der Waals surface area (Å²) in [6.07, 6.45) is 1.92. The smallest absolute Gasteiger partial charge is 0.128 e. The van der Waals surface area contributed by atoms with Crippen LogP contribution >= 0.6 is 0 Å². The third-order valence-corrected chi connectivity index (χ3v) is 4.64. The van der Waals surface area contributed by atoms with Crippen LogP contribution in [0.5, 0.6) is 5.75 Å². The molecule has 21 heavy (non-hydrogen) atoms. The maximum absolute atomic E-state index is 5.52. The van der Waals surface area contributed by atoms with Crippen LogP contribution in [0.1, 0.15) is 37.6 Å². The molecule has 2 unspecified atom stereocenters. The van der Waals surface area contributed by atoms with Crippen molar-refractivity contribution in [2.75, 3.05) is 20.2 Å². The van der Waals surface area contributed by atoms with Gasteiger partial charge in [-0.3, -0.25) is 9.88 Å². The number of methoxy groups -OCH3 is 1. The molecule has 1 N–H and O–H groups in total. The van der Waals surface area contributed by atoms with Gasteiger partial charge in [0.25, 0.3) is 0 Å². The number of aryl methyl sites for hydroxylation is 1. The first kappa shape index (κ1) is 16.2. The van der Waals surface area contributed by atoms with Gasteiger partial charge < -0.3 is 10.1 Å². The number of ether oxygens (including phenoxy) is 1. The highest BCUT2D eigenvalue weighted by molar-refractivity contribution is 5.41. The average Bonchev–Trinajstić information content (AvgIpc) is 2.44. The summed E-state index contributed by atoms with van der Waals surface area (Å²) in [5, 5.41) is 3.64. The number of nitrogens with one attached hydrogen (secondary N) is 1. The van der Waals surface area contributed by atoms with Crippen molar-refractivity contribution in [3.8, 4) is 5.75 Å². The topological polar surface area (TPSA) is 37.4 Å². The van der Waals surface area contributed by atoms with Crippen molar-refractivity contribution in [3.05, 3.63) is 23.0 Å². The molecule has 1 fully saturated rings. The van der Waals surface area contributed by atoms with Crippen LogP contribution in [0.3, 0.4) is 0 Å². The summed E-state index contributed by atoms with van der Waals surface area (Å²) in [5.74, 6) is 1.63. The normalized spacial score (nSPS) is 23.6. The zero-order valence-corrected chi connectivity index (χ0v) is 14.2. The van der Waals surface area contributed by atoms with Crippen molar-refractivity contribution in [3.63, 3.8) is 0 Å². The quantitative estimate of drug-likeness (QED) is 0.925. The van der Waals surface area contributed by atoms with E-state index in [1.54, 1.807) is 7.11 Å². The van der Waals surface area contributed by atoms with Crippen LogP contribution in [-0.2, 0) is 6.54 Å².